The van der Waals surface area contributed by atoms with Crippen LogP contribution in [0.25, 0.3) is 11.1 Å². The van der Waals surface area contributed by atoms with Crippen molar-refractivity contribution in [2.24, 2.45) is 7.05 Å². The predicted molar refractivity (Wildman–Crippen MR) is 59.7 cm³/mol. The van der Waals surface area contributed by atoms with Gasteiger partial charge in [0.05, 0.1) is 11.8 Å². The Balaban J connectivity index is 2.52. The lowest BCUT2D eigenvalue weighted by Gasteiger charge is -2.09. The van der Waals surface area contributed by atoms with Crippen molar-refractivity contribution < 1.29 is 18.3 Å². The molecule has 1 aromatic heterocycles. The lowest BCUT2D eigenvalue weighted by atomic mass is 10.0. The number of aryl methyl sites for hydroxylation is 1. The highest BCUT2D eigenvalue weighted by Crippen LogP contribution is 2.37. The highest BCUT2D eigenvalue weighted by atomic mass is 19.4. The quantitative estimate of drug-likeness (QED) is 0.824. The molecule has 0 spiro atoms. The molecule has 0 aliphatic carbocycles. The molecule has 0 aliphatic rings. The number of aromatic nitrogens is 2. The summed E-state index contributed by atoms with van der Waals surface area (Å²) in [5.41, 5.74) is 5.39. The number of rotatable bonds is 1. The molecule has 0 amide bonds. The first-order valence-corrected chi connectivity index (χ1v) is 4.98. The van der Waals surface area contributed by atoms with Gasteiger partial charge >= 0.3 is 6.18 Å². The maximum Gasteiger partial charge on any atom is 0.416 e. The zero-order valence-electron chi connectivity index (χ0n) is 9.36. The number of hydrogen-bond acceptors (Lipinski definition) is 3. The molecular formula is C11H10F3N3O. The Labute approximate surface area is 100 Å². The standard InChI is InChI=1S/C11H10F3N3O/c1-17-10(15)8(5-16-17)7-3-2-6(4-9(7)18)11(12,13)14/h2-5,18H,15H2,1H3. The normalized spacial score (nSPS) is 11.8. The second-order valence-corrected chi connectivity index (χ2v) is 3.80. The number of phenolic OH excluding ortho intramolecular Hbond substituents is 1. The van der Waals surface area contributed by atoms with Crippen molar-refractivity contribution in [3.8, 4) is 16.9 Å². The highest BCUT2D eigenvalue weighted by molar-refractivity contribution is 5.78. The molecule has 0 bridgehead atoms. The minimum absolute atomic E-state index is 0.216. The molecule has 3 N–H and O–H groups in total. The number of nitrogen functional groups attached to an aromatic ring is 1. The van der Waals surface area contributed by atoms with E-state index in [2.05, 4.69) is 5.10 Å². The molecule has 0 saturated carbocycles. The Morgan fingerprint density at radius 2 is 1.94 bits per heavy atom. The largest absolute Gasteiger partial charge is 0.507 e. The summed E-state index contributed by atoms with van der Waals surface area (Å²) >= 11 is 0. The summed E-state index contributed by atoms with van der Waals surface area (Å²) in [6.07, 6.45) is -3.10. The van der Waals surface area contributed by atoms with Crippen LogP contribution in [0.2, 0.25) is 0 Å². The highest BCUT2D eigenvalue weighted by Gasteiger charge is 2.31. The van der Waals surface area contributed by atoms with Crippen LogP contribution >= 0.6 is 0 Å². The van der Waals surface area contributed by atoms with Crippen LogP contribution < -0.4 is 5.73 Å². The smallest absolute Gasteiger partial charge is 0.416 e. The van der Waals surface area contributed by atoms with Crippen LogP contribution in [0.1, 0.15) is 5.56 Å². The van der Waals surface area contributed by atoms with Gasteiger partial charge in [-0.25, -0.2) is 0 Å². The van der Waals surface area contributed by atoms with E-state index in [0.717, 1.165) is 6.07 Å². The topological polar surface area (TPSA) is 64.1 Å². The third kappa shape index (κ3) is 1.99. The molecule has 7 heteroatoms. The van der Waals surface area contributed by atoms with Crippen molar-refractivity contribution in [3.05, 3.63) is 30.0 Å². The lowest BCUT2D eigenvalue weighted by Crippen LogP contribution is -2.04. The second kappa shape index (κ2) is 3.94. The molecule has 4 nitrogen and oxygen atoms in total. The van der Waals surface area contributed by atoms with Crippen LogP contribution in [-0.4, -0.2) is 14.9 Å². The van der Waals surface area contributed by atoms with Crippen molar-refractivity contribution >= 4 is 5.82 Å². The van der Waals surface area contributed by atoms with E-state index in [4.69, 9.17) is 5.73 Å². The monoisotopic (exact) mass is 257 g/mol. The first-order chi connectivity index (χ1) is 8.30. The number of benzene rings is 1. The van der Waals surface area contributed by atoms with Gasteiger partial charge in [0.2, 0.25) is 0 Å². The predicted octanol–water partition coefficient (Wildman–Crippen LogP) is 2.39. The third-order valence-electron chi connectivity index (χ3n) is 2.60. The van der Waals surface area contributed by atoms with Crippen molar-refractivity contribution in [3.63, 3.8) is 0 Å². The van der Waals surface area contributed by atoms with Crippen LogP contribution in [0.3, 0.4) is 0 Å². The number of hydrogen-bond donors (Lipinski definition) is 2. The zero-order chi connectivity index (χ0) is 13.5. The number of halogens is 3. The zero-order valence-corrected chi connectivity index (χ0v) is 9.36. The summed E-state index contributed by atoms with van der Waals surface area (Å²) in [4.78, 5) is 0. The number of nitrogens with two attached hydrogens (primary N) is 1. The Morgan fingerprint density at radius 1 is 1.28 bits per heavy atom. The van der Waals surface area contributed by atoms with Gasteiger partial charge in [0.15, 0.2) is 0 Å². The first kappa shape index (κ1) is 12.3. The van der Waals surface area contributed by atoms with Crippen molar-refractivity contribution in [2.45, 2.75) is 6.18 Å². The van der Waals surface area contributed by atoms with Crippen molar-refractivity contribution in [2.75, 3.05) is 5.73 Å². The van der Waals surface area contributed by atoms with E-state index in [0.29, 0.717) is 11.6 Å². The molecule has 0 radical (unpaired) electrons. The summed E-state index contributed by atoms with van der Waals surface area (Å²) in [6.45, 7) is 0. The van der Waals surface area contributed by atoms with E-state index in [1.807, 2.05) is 0 Å². The van der Waals surface area contributed by atoms with Crippen LogP contribution in [0.15, 0.2) is 24.4 Å². The maximum absolute atomic E-state index is 12.4. The summed E-state index contributed by atoms with van der Waals surface area (Å²) in [6, 6.07) is 2.73. The van der Waals surface area contributed by atoms with Gasteiger partial charge in [-0.1, -0.05) is 0 Å². The Bertz CT molecular complexity index is 590. The van der Waals surface area contributed by atoms with Crippen molar-refractivity contribution in [1.29, 1.82) is 0 Å². The first-order valence-electron chi connectivity index (χ1n) is 4.98. The van der Waals surface area contributed by atoms with Gasteiger partial charge in [-0.2, -0.15) is 18.3 Å². The average Bonchev–Trinajstić information content (AvgIpc) is 2.59. The van der Waals surface area contributed by atoms with Gasteiger partial charge in [-0.15, -0.1) is 0 Å². The fourth-order valence-electron chi connectivity index (χ4n) is 1.59. The van der Waals surface area contributed by atoms with E-state index in [1.54, 1.807) is 7.05 Å². The molecule has 0 fully saturated rings. The molecule has 0 atom stereocenters. The van der Waals surface area contributed by atoms with Crippen molar-refractivity contribution in [1.82, 2.24) is 9.78 Å². The molecule has 0 unspecified atom stereocenters. The van der Waals surface area contributed by atoms with E-state index < -0.39 is 17.5 Å². The Morgan fingerprint density at radius 3 is 2.39 bits per heavy atom. The van der Waals surface area contributed by atoms with Gasteiger partial charge in [-0.05, 0) is 18.2 Å². The van der Waals surface area contributed by atoms with Gasteiger partial charge in [0.25, 0.3) is 0 Å². The number of nitrogens with zero attached hydrogens (tertiary/aromatic N) is 2. The van der Waals surface area contributed by atoms with Gasteiger partial charge in [0, 0.05) is 18.2 Å². The number of anilines is 1. The number of alkyl halides is 3. The van der Waals surface area contributed by atoms with E-state index >= 15 is 0 Å². The molecule has 2 rings (SSSR count). The summed E-state index contributed by atoms with van der Waals surface area (Å²) in [7, 11) is 1.60. The van der Waals surface area contributed by atoms with E-state index in [9.17, 15) is 18.3 Å². The minimum atomic E-state index is -4.49. The summed E-state index contributed by atoms with van der Waals surface area (Å²) < 4.78 is 38.7. The summed E-state index contributed by atoms with van der Waals surface area (Å²) in [5.74, 6) is -0.213. The minimum Gasteiger partial charge on any atom is -0.507 e. The molecule has 2 aromatic rings. The van der Waals surface area contributed by atoms with E-state index in [1.165, 1.54) is 16.9 Å². The molecule has 1 heterocycles. The number of aromatic hydroxyl groups is 1. The molecule has 0 aliphatic heterocycles. The fourth-order valence-corrected chi connectivity index (χ4v) is 1.59. The lowest BCUT2D eigenvalue weighted by molar-refractivity contribution is -0.137. The molecular weight excluding hydrogens is 247 g/mol. The molecule has 96 valence electrons. The second-order valence-electron chi connectivity index (χ2n) is 3.80. The van der Waals surface area contributed by atoms with Crippen LogP contribution in [0.4, 0.5) is 19.0 Å². The number of phenols is 1. The Hall–Kier alpha value is -2.18. The summed E-state index contributed by atoms with van der Waals surface area (Å²) in [5, 5.41) is 13.5. The SMILES string of the molecule is Cn1ncc(-c2ccc(C(F)(F)F)cc2O)c1N. The van der Waals surface area contributed by atoms with Gasteiger partial charge < -0.3 is 10.8 Å². The molecule has 1 aromatic carbocycles. The molecule has 0 saturated heterocycles. The van der Waals surface area contributed by atoms with Crippen LogP contribution in [0, 0.1) is 0 Å². The van der Waals surface area contributed by atoms with Crippen LogP contribution in [0.5, 0.6) is 5.75 Å². The molecule has 18 heavy (non-hydrogen) atoms. The fraction of sp³-hybridized carbons (Fsp3) is 0.182. The Kier molecular flexibility index (Phi) is 2.68. The van der Waals surface area contributed by atoms with Crippen LogP contribution in [-0.2, 0) is 13.2 Å². The van der Waals surface area contributed by atoms with E-state index in [-0.39, 0.29) is 11.4 Å². The average molecular weight is 257 g/mol. The van der Waals surface area contributed by atoms with Gasteiger partial charge in [0.1, 0.15) is 11.6 Å². The van der Waals surface area contributed by atoms with Gasteiger partial charge in [-0.3, -0.25) is 4.68 Å². The third-order valence-corrected chi connectivity index (χ3v) is 2.60. The maximum atomic E-state index is 12.4.